The number of aromatic nitrogens is 2. The first kappa shape index (κ1) is 21.4. The van der Waals surface area contributed by atoms with Gasteiger partial charge < -0.3 is 19.9 Å². The summed E-state index contributed by atoms with van der Waals surface area (Å²) in [5.41, 5.74) is 2.63. The van der Waals surface area contributed by atoms with Crippen molar-refractivity contribution in [3.8, 4) is 0 Å². The highest BCUT2D eigenvalue weighted by Crippen LogP contribution is 2.31. The third-order valence-corrected chi connectivity index (χ3v) is 5.24. The number of anilines is 1. The molecule has 0 spiro atoms. The molecule has 0 aliphatic heterocycles. The Kier molecular flexibility index (Phi) is 6.74. The number of methoxy groups -OCH3 is 1. The number of esters is 1. The van der Waals surface area contributed by atoms with Gasteiger partial charge in [0.15, 0.2) is 0 Å². The number of carbonyl (C=O) groups excluding carboxylic acids is 2. The van der Waals surface area contributed by atoms with Crippen LogP contribution in [0.4, 0.5) is 5.82 Å². The van der Waals surface area contributed by atoms with Crippen LogP contribution in [0.15, 0.2) is 48.8 Å². The summed E-state index contributed by atoms with van der Waals surface area (Å²) in [6.45, 7) is 2.01. The number of para-hydroxylation sites is 1. The summed E-state index contributed by atoms with van der Waals surface area (Å²) < 4.78 is 4.57. The van der Waals surface area contributed by atoms with Crippen LogP contribution >= 0.6 is 11.6 Å². The van der Waals surface area contributed by atoms with Gasteiger partial charge in [0.1, 0.15) is 12.4 Å². The van der Waals surface area contributed by atoms with Crippen molar-refractivity contribution in [1.29, 1.82) is 0 Å². The van der Waals surface area contributed by atoms with Crippen molar-refractivity contribution in [3.05, 3.63) is 65.0 Å². The number of benzene rings is 1. The molecular formula is C22H23ClN4O3. The van der Waals surface area contributed by atoms with Crippen LogP contribution in [0.1, 0.15) is 24.1 Å². The quantitative estimate of drug-likeness (QED) is 0.440. The molecule has 156 valence electrons. The van der Waals surface area contributed by atoms with E-state index in [4.69, 9.17) is 11.6 Å². The van der Waals surface area contributed by atoms with Crippen molar-refractivity contribution in [2.45, 2.75) is 13.0 Å². The predicted molar refractivity (Wildman–Crippen MR) is 118 cm³/mol. The van der Waals surface area contributed by atoms with Crippen LogP contribution in [-0.2, 0) is 14.3 Å². The first-order valence-electron chi connectivity index (χ1n) is 9.37. The molecule has 8 heteroatoms. The number of hydrogen-bond donors (Lipinski definition) is 2. The summed E-state index contributed by atoms with van der Waals surface area (Å²) in [5, 5.41) is 4.51. The summed E-state index contributed by atoms with van der Waals surface area (Å²) in [4.78, 5) is 32.9. The molecule has 0 fully saturated rings. The Labute approximate surface area is 179 Å². The Morgan fingerprint density at radius 1 is 1.33 bits per heavy atom. The molecule has 0 radical (unpaired) electrons. The van der Waals surface area contributed by atoms with E-state index in [1.807, 2.05) is 37.4 Å². The number of halogens is 1. The third kappa shape index (κ3) is 4.80. The minimum atomic E-state index is -0.374. The number of nitrogens with one attached hydrogen (secondary N) is 2. The van der Waals surface area contributed by atoms with Crippen LogP contribution in [0, 0.1) is 0 Å². The standard InChI is InChI=1S/C22H23ClN4O3/c1-14(17-12-26-22-16(17)5-4-6-18(22)23)27(2)20(28)10-8-15-7-9-19(24-11-15)25-13-21(29)30-3/h4-12,14,26H,13H2,1-3H3,(H,24,25). The second kappa shape index (κ2) is 9.45. The van der Waals surface area contributed by atoms with E-state index in [9.17, 15) is 9.59 Å². The number of rotatable bonds is 7. The molecule has 30 heavy (non-hydrogen) atoms. The van der Waals surface area contributed by atoms with Gasteiger partial charge in [-0.2, -0.15) is 0 Å². The fraction of sp³-hybridized carbons (Fsp3) is 0.227. The maximum absolute atomic E-state index is 12.7. The molecule has 1 atom stereocenters. The molecule has 2 heterocycles. The average molecular weight is 427 g/mol. The van der Waals surface area contributed by atoms with Crippen molar-refractivity contribution >= 4 is 46.3 Å². The SMILES string of the molecule is COC(=O)CNc1ccc(C=CC(=O)N(C)C(C)c2c[nH]c3c(Cl)cccc23)cn1. The fourth-order valence-corrected chi connectivity index (χ4v) is 3.24. The summed E-state index contributed by atoms with van der Waals surface area (Å²) in [5.74, 6) is 0.0420. The lowest BCUT2D eigenvalue weighted by molar-refractivity contribution is -0.138. The van der Waals surface area contributed by atoms with Crippen molar-refractivity contribution < 1.29 is 14.3 Å². The van der Waals surface area contributed by atoms with Gasteiger partial charge in [0.2, 0.25) is 5.91 Å². The van der Waals surface area contributed by atoms with E-state index in [-0.39, 0.29) is 24.5 Å². The maximum Gasteiger partial charge on any atom is 0.325 e. The Hall–Kier alpha value is -3.32. The van der Waals surface area contributed by atoms with Gasteiger partial charge in [-0.05, 0) is 42.3 Å². The maximum atomic E-state index is 12.7. The van der Waals surface area contributed by atoms with Crippen LogP contribution in [0.25, 0.3) is 17.0 Å². The molecule has 3 aromatic rings. The monoisotopic (exact) mass is 426 g/mol. The highest BCUT2D eigenvalue weighted by Gasteiger charge is 2.19. The van der Waals surface area contributed by atoms with Gasteiger partial charge in [0, 0.05) is 30.9 Å². The Morgan fingerprint density at radius 3 is 2.83 bits per heavy atom. The molecule has 3 rings (SSSR count). The first-order valence-corrected chi connectivity index (χ1v) is 9.75. The number of likely N-dealkylation sites (N-methyl/N-ethyl adjacent to an activating group) is 1. The number of carbonyl (C=O) groups is 2. The molecule has 1 amide bonds. The lowest BCUT2D eigenvalue weighted by Crippen LogP contribution is -2.27. The molecule has 2 N–H and O–H groups in total. The summed E-state index contributed by atoms with van der Waals surface area (Å²) in [7, 11) is 3.09. The topological polar surface area (TPSA) is 87.3 Å². The minimum Gasteiger partial charge on any atom is -0.468 e. The van der Waals surface area contributed by atoms with Crippen molar-refractivity contribution in [2.75, 3.05) is 26.0 Å². The van der Waals surface area contributed by atoms with Gasteiger partial charge in [0.25, 0.3) is 0 Å². The molecule has 0 aliphatic carbocycles. The molecular weight excluding hydrogens is 404 g/mol. The number of nitrogens with zero attached hydrogens (tertiary/aromatic N) is 2. The van der Waals surface area contributed by atoms with Crippen LogP contribution < -0.4 is 5.32 Å². The number of hydrogen-bond acceptors (Lipinski definition) is 5. The Morgan fingerprint density at radius 2 is 2.13 bits per heavy atom. The van der Waals surface area contributed by atoms with Gasteiger partial charge in [-0.15, -0.1) is 0 Å². The van der Waals surface area contributed by atoms with Gasteiger partial charge in [-0.25, -0.2) is 4.98 Å². The van der Waals surface area contributed by atoms with Gasteiger partial charge in [-0.1, -0.05) is 23.7 Å². The minimum absolute atomic E-state index is 0.0406. The highest BCUT2D eigenvalue weighted by atomic mass is 35.5. The number of amides is 1. The van der Waals surface area contributed by atoms with Crippen molar-refractivity contribution in [3.63, 3.8) is 0 Å². The summed E-state index contributed by atoms with van der Waals surface area (Å²) >= 11 is 6.23. The molecule has 0 aliphatic rings. The van der Waals surface area contributed by atoms with Crippen molar-refractivity contribution in [1.82, 2.24) is 14.9 Å². The van der Waals surface area contributed by atoms with Crippen LogP contribution in [0.5, 0.6) is 0 Å². The number of aromatic amines is 1. The van der Waals surface area contributed by atoms with Crippen LogP contribution in [0.2, 0.25) is 5.02 Å². The summed E-state index contributed by atoms with van der Waals surface area (Å²) in [6.07, 6.45) is 6.72. The average Bonchev–Trinajstić information content (AvgIpc) is 3.21. The highest BCUT2D eigenvalue weighted by molar-refractivity contribution is 6.35. The zero-order valence-electron chi connectivity index (χ0n) is 17.0. The van der Waals surface area contributed by atoms with E-state index < -0.39 is 0 Å². The van der Waals surface area contributed by atoms with E-state index in [2.05, 4.69) is 20.0 Å². The second-order valence-corrected chi connectivity index (χ2v) is 7.18. The molecule has 2 aromatic heterocycles. The lowest BCUT2D eigenvalue weighted by atomic mass is 10.1. The number of ether oxygens (including phenoxy) is 1. The van der Waals surface area contributed by atoms with Gasteiger partial charge >= 0.3 is 5.97 Å². The van der Waals surface area contributed by atoms with Crippen molar-refractivity contribution in [2.24, 2.45) is 0 Å². The smallest absolute Gasteiger partial charge is 0.325 e. The van der Waals surface area contributed by atoms with E-state index >= 15 is 0 Å². The zero-order chi connectivity index (χ0) is 21.7. The molecule has 7 nitrogen and oxygen atoms in total. The molecule has 0 bridgehead atoms. The van der Waals surface area contributed by atoms with Crippen LogP contribution in [0.3, 0.4) is 0 Å². The Bertz CT molecular complexity index is 1080. The molecule has 1 aromatic carbocycles. The zero-order valence-corrected chi connectivity index (χ0v) is 17.7. The van der Waals surface area contributed by atoms with E-state index in [1.165, 1.54) is 13.2 Å². The first-order chi connectivity index (χ1) is 14.4. The van der Waals surface area contributed by atoms with E-state index in [0.29, 0.717) is 10.8 Å². The van der Waals surface area contributed by atoms with Gasteiger partial charge in [-0.3, -0.25) is 9.59 Å². The van der Waals surface area contributed by atoms with Gasteiger partial charge in [0.05, 0.1) is 23.7 Å². The second-order valence-electron chi connectivity index (χ2n) is 6.77. The molecule has 0 saturated heterocycles. The Balaban J connectivity index is 1.65. The fourth-order valence-electron chi connectivity index (χ4n) is 3.01. The molecule has 1 unspecified atom stereocenters. The molecule has 0 saturated carbocycles. The number of fused-ring (bicyclic) bond motifs is 1. The lowest BCUT2D eigenvalue weighted by Gasteiger charge is -2.23. The van der Waals surface area contributed by atoms with E-state index in [1.54, 1.807) is 30.3 Å². The third-order valence-electron chi connectivity index (χ3n) is 4.92. The van der Waals surface area contributed by atoms with Crippen LogP contribution in [-0.4, -0.2) is 47.4 Å². The summed E-state index contributed by atoms with van der Waals surface area (Å²) in [6, 6.07) is 9.11. The number of H-pyrrole nitrogens is 1. The normalized spacial score (nSPS) is 12.1. The van der Waals surface area contributed by atoms with E-state index in [0.717, 1.165) is 22.0 Å². The number of pyridine rings is 1. The largest absolute Gasteiger partial charge is 0.468 e. The predicted octanol–water partition coefficient (Wildman–Crippen LogP) is 4.03.